The summed E-state index contributed by atoms with van der Waals surface area (Å²) in [6, 6.07) is -0.917. The van der Waals surface area contributed by atoms with Crippen molar-refractivity contribution < 1.29 is 19.1 Å². The lowest BCUT2D eigenvalue weighted by Crippen LogP contribution is -2.45. The van der Waals surface area contributed by atoms with E-state index in [1.807, 2.05) is 0 Å². The summed E-state index contributed by atoms with van der Waals surface area (Å²) >= 11 is 0. The van der Waals surface area contributed by atoms with Crippen LogP contribution in [-0.4, -0.2) is 51.0 Å². The molecule has 1 aromatic heterocycles. The number of hydrogen-bond acceptors (Lipinski definition) is 7. The average molecular weight is 285 g/mol. The van der Waals surface area contributed by atoms with Crippen molar-refractivity contribution in [2.75, 3.05) is 7.11 Å². The van der Waals surface area contributed by atoms with Gasteiger partial charge in [0.2, 0.25) is 0 Å². The average Bonchev–Trinajstić information content (AvgIpc) is 2.70. The van der Waals surface area contributed by atoms with Gasteiger partial charge in [0.05, 0.1) is 7.11 Å². The van der Waals surface area contributed by atoms with Crippen LogP contribution in [0.2, 0.25) is 0 Å². The zero-order valence-electron chi connectivity index (χ0n) is 12.2. The lowest BCUT2D eigenvalue weighted by molar-refractivity contribution is -0.143. The van der Waals surface area contributed by atoms with Gasteiger partial charge >= 0.3 is 12.1 Å². The summed E-state index contributed by atoms with van der Waals surface area (Å²) in [5.41, 5.74) is -0.656. The molecule has 0 aliphatic rings. The first kappa shape index (κ1) is 15.9. The van der Waals surface area contributed by atoms with Gasteiger partial charge in [-0.1, -0.05) is 0 Å². The molecule has 1 rings (SSSR count). The van der Waals surface area contributed by atoms with Gasteiger partial charge in [0, 0.05) is 13.5 Å². The molecule has 1 atom stereocenters. The lowest BCUT2D eigenvalue weighted by Gasteiger charge is -2.22. The predicted molar refractivity (Wildman–Crippen MR) is 67.7 cm³/mol. The van der Waals surface area contributed by atoms with Gasteiger partial charge in [0.15, 0.2) is 5.82 Å². The number of nitrogens with one attached hydrogen (secondary N) is 1. The Morgan fingerprint density at radius 1 is 1.40 bits per heavy atom. The first-order chi connectivity index (χ1) is 9.23. The maximum atomic E-state index is 11.7. The molecule has 1 unspecified atom stereocenters. The topological polar surface area (TPSA) is 108 Å². The molecule has 0 saturated carbocycles. The molecular weight excluding hydrogens is 266 g/mol. The van der Waals surface area contributed by atoms with E-state index in [-0.39, 0.29) is 6.42 Å². The number of esters is 1. The summed E-state index contributed by atoms with van der Waals surface area (Å²) in [7, 11) is 2.87. The molecular formula is C11H19N5O4. The Morgan fingerprint density at radius 3 is 2.50 bits per heavy atom. The highest BCUT2D eigenvalue weighted by Gasteiger charge is 2.26. The highest BCUT2D eigenvalue weighted by Crippen LogP contribution is 2.08. The van der Waals surface area contributed by atoms with E-state index in [4.69, 9.17) is 4.74 Å². The molecule has 1 N–H and O–H groups in total. The third kappa shape index (κ3) is 4.82. The van der Waals surface area contributed by atoms with Gasteiger partial charge in [0.1, 0.15) is 11.6 Å². The van der Waals surface area contributed by atoms with Crippen LogP contribution in [0.1, 0.15) is 26.6 Å². The molecule has 0 bridgehead atoms. The van der Waals surface area contributed by atoms with Gasteiger partial charge in [0.25, 0.3) is 0 Å². The summed E-state index contributed by atoms with van der Waals surface area (Å²) in [5.74, 6) is -0.157. The highest BCUT2D eigenvalue weighted by molar-refractivity contribution is 5.81. The van der Waals surface area contributed by atoms with Gasteiger partial charge in [-0.25, -0.2) is 14.3 Å². The van der Waals surface area contributed by atoms with Crippen molar-refractivity contribution in [3.63, 3.8) is 0 Å². The minimum absolute atomic E-state index is 0.107. The van der Waals surface area contributed by atoms with Crippen molar-refractivity contribution in [3.8, 4) is 0 Å². The largest absolute Gasteiger partial charge is 0.467 e. The van der Waals surface area contributed by atoms with E-state index in [0.717, 1.165) is 0 Å². The monoisotopic (exact) mass is 285 g/mol. The Bertz CT molecular complexity index is 479. The second-order valence-electron chi connectivity index (χ2n) is 5.14. The standard InChI is InChI=1S/C11H19N5O4/c1-11(2,3)20-10(18)12-7(9(17)19-5)6-8-13-14-15-16(8)4/h7H,6H2,1-5H3,(H,12,18). The fourth-order valence-corrected chi connectivity index (χ4v) is 1.39. The maximum absolute atomic E-state index is 11.7. The molecule has 0 spiro atoms. The Labute approximate surface area is 116 Å². The summed E-state index contributed by atoms with van der Waals surface area (Å²) in [6.07, 6.45) is -0.599. The van der Waals surface area contributed by atoms with Crippen molar-refractivity contribution in [3.05, 3.63) is 5.82 Å². The SMILES string of the molecule is COC(=O)C(Cc1nnnn1C)NC(=O)OC(C)(C)C. The molecule has 0 aliphatic carbocycles. The number of amides is 1. The first-order valence-electron chi connectivity index (χ1n) is 6.01. The van der Waals surface area contributed by atoms with Crippen molar-refractivity contribution in [1.29, 1.82) is 0 Å². The number of nitrogens with zero attached hydrogens (tertiary/aromatic N) is 4. The number of hydrogen-bond donors (Lipinski definition) is 1. The molecule has 1 aromatic rings. The molecule has 0 aromatic carbocycles. The zero-order valence-corrected chi connectivity index (χ0v) is 12.2. The second kappa shape index (κ2) is 6.31. The van der Waals surface area contributed by atoms with Gasteiger partial charge < -0.3 is 14.8 Å². The number of tetrazole rings is 1. The maximum Gasteiger partial charge on any atom is 0.408 e. The lowest BCUT2D eigenvalue weighted by atomic mass is 10.2. The second-order valence-corrected chi connectivity index (χ2v) is 5.14. The molecule has 9 heteroatoms. The zero-order chi connectivity index (χ0) is 15.3. The van der Waals surface area contributed by atoms with Crippen LogP contribution in [0.15, 0.2) is 0 Å². The van der Waals surface area contributed by atoms with E-state index in [1.54, 1.807) is 27.8 Å². The van der Waals surface area contributed by atoms with Gasteiger partial charge in [-0.05, 0) is 31.2 Å². The Balaban J connectivity index is 2.73. The number of carbonyl (C=O) groups is 2. The van der Waals surface area contributed by atoms with Gasteiger partial charge in [-0.3, -0.25) is 0 Å². The summed E-state index contributed by atoms with van der Waals surface area (Å²) < 4.78 is 11.2. The molecule has 1 amide bonds. The Morgan fingerprint density at radius 2 is 2.05 bits per heavy atom. The van der Waals surface area contributed by atoms with Crippen molar-refractivity contribution in [2.45, 2.75) is 38.8 Å². The fraction of sp³-hybridized carbons (Fsp3) is 0.727. The fourth-order valence-electron chi connectivity index (χ4n) is 1.39. The van der Waals surface area contributed by atoms with Gasteiger partial charge in [-0.15, -0.1) is 5.10 Å². The molecule has 0 fully saturated rings. The Hall–Kier alpha value is -2.19. The van der Waals surface area contributed by atoms with Gasteiger partial charge in [-0.2, -0.15) is 0 Å². The molecule has 9 nitrogen and oxygen atoms in total. The number of carbonyl (C=O) groups excluding carboxylic acids is 2. The van der Waals surface area contributed by atoms with E-state index in [9.17, 15) is 9.59 Å². The van der Waals surface area contributed by atoms with Crippen LogP contribution in [0.25, 0.3) is 0 Å². The van der Waals surface area contributed by atoms with Crippen LogP contribution < -0.4 is 5.32 Å². The predicted octanol–water partition coefficient (Wildman–Crippen LogP) is -0.181. The van der Waals surface area contributed by atoms with E-state index in [1.165, 1.54) is 11.8 Å². The Kier molecular flexibility index (Phi) is 5.00. The van der Waals surface area contributed by atoms with E-state index in [0.29, 0.717) is 5.82 Å². The van der Waals surface area contributed by atoms with Crippen LogP contribution in [0.4, 0.5) is 4.79 Å². The number of aryl methyl sites for hydroxylation is 1. The van der Waals surface area contributed by atoms with E-state index >= 15 is 0 Å². The van der Waals surface area contributed by atoms with Crippen LogP contribution in [-0.2, 0) is 27.7 Å². The quantitative estimate of drug-likeness (QED) is 0.764. The number of alkyl carbamates (subject to hydrolysis) is 1. The number of aromatic nitrogens is 4. The molecule has 112 valence electrons. The minimum atomic E-state index is -0.917. The van der Waals surface area contributed by atoms with Crippen molar-refractivity contribution >= 4 is 12.1 Å². The number of rotatable bonds is 4. The van der Waals surface area contributed by atoms with Crippen LogP contribution in [0.3, 0.4) is 0 Å². The third-order valence-corrected chi connectivity index (χ3v) is 2.27. The normalized spacial score (nSPS) is 12.7. The highest BCUT2D eigenvalue weighted by atomic mass is 16.6. The van der Waals surface area contributed by atoms with Crippen molar-refractivity contribution in [1.82, 2.24) is 25.5 Å². The smallest absolute Gasteiger partial charge is 0.408 e. The number of ether oxygens (including phenoxy) is 2. The molecule has 0 saturated heterocycles. The van der Waals surface area contributed by atoms with Crippen LogP contribution in [0, 0.1) is 0 Å². The molecule has 1 heterocycles. The van der Waals surface area contributed by atoms with Crippen LogP contribution >= 0.6 is 0 Å². The first-order valence-corrected chi connectivity index (χ1v) is 6.01. The molecule has 0 radical (unpaired) electrons. The summed E-state index contributed by atoms with van der Waals surface area (Å²) in [4.78, 5) is 23.4. The summed E-state index contributed by atoms with van der Waals surface area (Å²) in [6.45, 7) is 5.19. The summed E-state index contributed by atoms with van der Waals surface area (Å²) in [5, 5.41) is 13.3. The molecule has 20 heavy (non-hydrogen) atoms. The minimum Gasteiger partial charge on any atom is -0.467 e. The number of methoxy groups -OCH3 is 1. The van der Waals surface area contributed by atoms with E-state index < -0.39 is 23.7 Å². The third-order valence-electron chi connectivity index (χ3n) is 2.27. The molecule has 0 aliphatic heterocycles. The van der Waals surface area contributed by atoms with Crippen LogP contribution in [0.5, 0.6) is 0 Å². The van der Waals surface area contributed by atoms with Crippen molar-refractivity contribution in [2.24, 2.45) is 7.05 Å². The van der Waals surface area contributed by atoms with E-state index in [2.05, 4.69) is 25.6 Å².